The molecule has 0 aliphatic heterocycles. The van der Waals surface area contributed by atoms with Crippen molar-refractivity contribution >= 4 is 120 Å². The first kappa shape index (κ1) is 47.6. The molecule has 19 aromatic rings. The summed E-state index contributed by atoms with van der Waals surface area (Å²) in [4.78, 5) is 0. The Morgan fingerprint density at radius 1 is 0.125 bits per heavy atom. The molecule has 1 aliphatic carbocycles. The van der Waals surface area contributed by atoms with Gasteiger partial charge in [0.1, 0.15) is 0 Å². The number of benzene rings is 15. The van der Waals surface area contributed by atoms with Gasteiger partial charge in [-0.05, 0) is 186 Å². The Labute approximate surface area is 505 Å². The predicted molar refractivity (Wildman–Crippen MR) is 372 cm³/mol. The average Bonchev–Trinajstić information content (AvgIpc) is 1.12. The van der Waals surface area contributed by atoms with Crippen LogP contribution in [-0.2, 0) is 0 Å². The van der Waals surface area contributed by atoms with Crippen molar-refractivity contribution in [2.45, 2.75) is 0 Å². The summed E-state index contributed by atoms with van der Waals surface area (Å²) >= 11 is 0. The lowest BCUT2D eigenvalue weighted by molar-refractivity contribution is 1.16. The summed E-state index contributed by atoms with van der Waals surface area (Å²) in [6, 6.07) is 114. The van der Waals surface area contributed by atoms with Crippen LogP contribution >= 0.6 is 0 Å². The summed E-state index contributed by atoms with van der Waals surface area (Å²) in [5, 5.41) is 17.5. The van der Waals surface area contributed by atoms with Crippen LogP contribution in [-0.4, -0.2) is 18.3 Å². The van der Waals surface area contributed by atoms with Gasteiger partial charge in [-0.3, -0.25) is 0 Å². The Bertz CT molecular complexity index is 5770. The molecule has 15 aromatic carbocycles. The maximum Gasteiger partial charge on any atom is 0.0542 e. The van der Waals surface area contributed by atoms with Crippen molar-refractivity contribution in [1.82, 2.24) is 18.3 Å². The first-order valence-electron chi connectivity index (χ1n) is 30.5. The molecule has 4 nitrogen and oxygen atoms in total. The highest BCUT2D eigenvalue weighted by Gasteiger charge is 2.27. The van der Waals surface area contributed by atoms with Crippen LogP contribution in [0.15, 0.2) is 303 Å². The molecule has 88 heavy (non-hydrogen) atoms. The lowest BCUT2D eigenvalue weighted by atomic mass is 9.79. The lowest BCUT2D eigenvalue weighted by Gasteiger charge is -2.26. The number of fused-ring (bicyclic) bond motifs is 26. The molecule has 0 saturated heterocycles. The summed E-state index contributed by atoms with van der Waals surface area (Å²) in [5.41, 5.74) is 23.6. The van der Waals surface area contributed by atoms with E-state index in [0.717, 1.165) is 33.8 Å². The SMILES string of the molecule is c1ccc2c(c1)-c1cc(-n3c4ccccc4c4cc(-n5c6ccccc6c6ccccc65)ccc43)ccc1-c1cc3c4ccccc4c4ccccc4c3cc1-c1ccc(-n3c4ccccc4c4cc(-n5c6ccccc6c6ccccc65)ccc43)cc1-2. The van der Waals surface area contributed by atoms with Crippen LogP contribution in [0.2, 0.25) is 0 Å². The summed E-state index contributed by atoms with van der Waals surface area (Å²) in [5.74, 6) is 0. The Kier molecular flexibility index (Phi) is 9.69. The van der Waals surface area contributed by atoms with Gasteiger partial charge < -0.3 is 18.3 Å². The second kappa shape index (κ2) is 17.9. The van der Waals surface area contributed by atoms with E-state index in [9.17, 15) is 0 Å². The van der Waals surface area contributed by atoms with Gasteiger partial charge in [0, 0.05) is 65.8 Å². The van der Waals surface area contributed by atoms with Gasteiger partial charge in [-0.15, -0.1) is 0 Å². The first-order chi connectivity index (χ1) is 43.7. The molecule has 20 rings (SSSR count). The quantitative estimate of drug-likeness (QED) is 0.157. The van der Waals surface area contributed by atoms with Gasteiger partial charge >= 0.3 is 0 Å². The third-order valence-corrected chi connectivity index (χ3v) is 19.5. The minimum Gasteiger partial charge on any atom is -0.309 e. The molecule has 4 heterocycles. The highest BCUT2D eigenvalue weighted by atomic mass is 15.0. The second-order valence-corrected chi connectivity index (χ2v) is 23.9. The van der Waals surface area contributed by atoms with E-state index in [0.29, 0.717) is 0 Å². The van der Waals surface area contributed by atoms with Crippen molar-refractivity contribution in [3.8, 4) is 67.3 Å². The van der Waals surface area contributed by atoms with E-state index in [1.54, 1.807) is 0 Å². The number of hydrogen-bond donors (Lipinski definition) is 0. The van der Waals surface area contributed by atoms with Crippen LogP contribution in [0.25, 0.3) is 187 Å². The second-order valence-electron chi connectivity index (χ2n) is 23.9. The van der Waals surface area contributed by atoms with Crippen molar-refractivity contribution in [3.63, 3.8) is 0 Å². The number of para-hydroxylation sites is 6. The molecule has 0 N–H and O–H groups in total. The molecule has 0 spiro atoms. The van der Waals surface area contributed by atoms with Gasteiger partial charge in [-0.1, -0.05) is 194 Å². The fourth-order valence-corrected chi connectivity index (χ4v) is 15.8. The van der Waals surface area contributed by atoms with E-state index < -0.39 is 0 Å². The van der Waals surface area contributed by atoms with E-state index in [1.165, 1.54) is 153 Å². The van der Waals surface area contributed by atoms with E-state index >= 15 is 0 Å². The first-order valence-corrected chi connectivity index (χ1v) is 30.5. The Balaban J connectivity index is 0.834. The Morgan fingerprint density at radius 3 is 0.670 bits per heavy atom. The van der Waals surface area contributed by atoms with Gasteiger partial charge in [0.25, 0.3) is 0 Å². The summed E-state index contributed by atoms with van der Waals surface area (Å²) in [6.45, 7) is 0. The van der Waals surface area contributed by atoms with Crippen molar-refractivity contribution in [1.29, 1.82) is 0 Å². The number of nitrogens with zero attached hydrogens (tertiary/aromatic N) is 4. The maximum atomic E-state index is 2.52. The molecule has 4 aromatic heterocycles. The predicted octanol–water partition coefficient (Wildman–Crippen LogP) is 22.5. The highest BCUT2D eigenvalue weighted by molar-refractivity contribution is 6.27. The zero-order valence-corrected chi connectivity index (χ0v) is 47.7. The van der Waals surface area contributed by atoms with Crippen LogP contribution in [0.5, 0.6) is 0 Å². The minimum absolute atomic E-state index is 1.11. The zero-order chi connectivity index (χ0) is 57.3. The molecule has 0 atom stereocenters. The van der Waals surface area contributed by atoms with Crippen LogP contribution in [0.3, 0.4) is 0 Å². The molecule has 0 unspecified atom stereocenters. The molecule has 406 valence electrons. The monoisotopic (exact) mass is 1110 g/mol. The van der Waals surface area contributed by atoms with Crippen molar-refractivity contribution in [2.75, 3.05) is 0 Å². The van der Waals surface area contributed by atoms with E-state index in [4.69, 9.17) is 0 Å². The molecule has 0 bridgehead atoms. The summed E-state index contributed by atoms with van der Waals surface area (Å²) in [6.07, 6.45) is 0. The molecular weight excluding hydrogens is 1060 g/mol. The molecule has 1 aliphatic rings. The van der Waals surface area contributed by atoms with Crippen molar-refractivity contribution in [2.24, 2.45) is 0 Å². The van der Waals surface area contributed by atoms with Crippen LogP contribution in [0, 0.1) is 0 Å². The molecule has 0 saturated carbocycles. The Morgan fingerprint density at radius 2 is 0.341 bits per heavy atom. The standard InChI is InChI=1S/C84H50N4/c1-3-21-57-55(19-1)56-20-2-4-22-58(56)72-50-74-62-42-38-52(88-82-36-18-12-30-68(82)76-48-54(40-44-84(76)88)86-79-33-15-9-27-65(79)66-28-10-16-34-80(66)86)46-70(62)60-24-6-5-23-59(60)69-45-51(37-41-61(69)73(74)49-71(57)72)87-81-35-17-11-29-67(81)75-47-53(39-43-83(75)87)85-77-31-13-7-25-63(77)64-26-8-14-32-78(64)85/h1-50H. The average molecular weight is 1120 g/mol. The van der Waals surface area contributed by atoms with Gasteiger partial charge in [-0.25, -0.2) is 0 Å². The molecular formula is C84H50N4. The third-order valence-electron chi connectivity index (χ3n) is 19.5. The third kappa shape index (κ3) is 6.52. The number of hydrogen-bond acceptors (Lipinski definition) is 0. The minimum atomic E-state index is 1.11. The normalized spacial score (nSPS) is 12.3. The Hall–Kier alpha value is -11.7. The van der Waals surface area contributed by atoms with E-state index in [2.05, 4.69) is 322 Å². The topological polar surface area (TPSA) is 19.7 Å². The van der Waals surface area contributed by atoms with Gasteiger partial charge in [0.2, 0.25) is 0 Å². The maximum absolute atomic E-state index is 2.52. The number of rotatable bonds is 4. The molecule has 0 fully saturated rings. The van der Waals surface area contributed by atoms with Crippen LogP contribution in [0.4, 0.5) is 0 Å². The molecule has 4 heteroatoms. The van der Waals surface area contributed by atoms with Crippen LogP contribution in [0.1, 0.15) is 0 Å². The van der Waals surface area contributed by atoms with Crippen molar-refractivity contribution in [3.05, 3.63) is 303 Å². The van der Waals surface area contributed by atoms with Gasteiger partial charge in [0.05, 0.1) is 44.1 Å². The van der Waals surface area contributed by atoms with Crippen molar-refractivity contribution < 1.29 is 0 Å². The van der Waals surface area contributed by atoms with Gasteiger partial charge in [0.15, 0.2) is 0 Å². The molecule has 0 amide bonds. The largest absolute Gasteiger partial charge is 0.309 e. The van der Waals surface area contributed by atoms with Gasteiger partial charge in [-0.2, -0.15) is 0 Å². The van der Waals surface area contributed by atoms with E-state index in [1.807, 2.05) is 0 Å². The lowest BCUT2D eigenvalue weighted by Crippen LogP contribution is -2.02. The summed E-state index contributed by atoms with van der Waals surface area (Å²) in [7, 11) is 0. The fraction of sp³-hybridized carbons (Fsp3) is 0. The smallest absolute Gasteiger partial charge is 0.0542 e. The zero-order valence-electron chi connectivity index (χ0n) is 47.7. The summed E-state index contributed by atoms with van der Waals surface area (Å²) < 4.78 is 9.84. The number of aromatic nitrogens is 4. The van der Waals surface area contributed by atoms with Crippen LogP contribution < -0.4 is 0 Å². The molecule has 0 radical (unpaired) electrons. The highest BCUT2D eigenvalue weighted by Crippen LogP contribution is 2.52. The van der Waals surface area contributed by atoms with E-state index in [-0.39, 0.29) is 0 Å². The fourth-order valence-electron chi connectivity index (χ4n) is 15.8.